The Morgan fingerprint density at radius 2 is 1.69 bits per heavy atom. The number of aromatic nitrogens is 1. The Morgan fingerprint density at radius 1 is 0.923 bits per heavy atom. The van der Waals surface area contributed by atoms with Crippen molar-refractivity contribution in [3.8, 4) is 22.8 Å². The number of hydrogen-bond acceptors (Lipinski definition) is 4. The first-order valence-corrected chi connectivity index (χ1v) is 9.28. The van der Waals surface area contributed by atoms with Crippen molar-refractivity contribution in [2.75, 3.05) is 0 Å². The number of hydrogen-bond donors (Lipinski definition) is 0. The summed E-state index contributed by atoms with van der Waals surface area (Å²) in [6.07, 6.45) is 0. The molecule has 6 heteroatoms. The van der Waals surface area contributed by atoms with E-state index < -0.39 is 5.97 Å². The molecule has 0 radical (unpaired) electrons. The maximum Gasteiger partial charge on any atom is 0.153 e. The van der Waals surface area contributed by atoms with Crippen LogP contribution in [0.5, 0.6) is 0 Å². The van der Waals surface area contributed by atoms with Crippen LogP contribution >= 0.6 is 31.9 Å². The lowest BCUT2D eigenvalue weighted by Gasteiger charge is -2.10. The molecule has 0 fully saturated rings. The number of halogens is 2. The summed E-state index contributed by atoms with van der Waals surface area (Å²) in [6.45, 7) is 0. The van der Waals surface area contributed by atoms with Gasteiger partial charge in [0.2, 0.25) is 0 Å². The molecule has 4 nitrogen and oxygen atoms in total. The molecule has 0 unspecified atom stereocenters. The normalized spacial score (nSPS) is 11.0. The number of aromatic carboxylic acids is 1. The Morgan fingerprint density at radius 3 is 2.46 bits per heavy atom. The van der Waals surface area contributed by atoms with Gasteiger partial charge in [0.1, 0.15) is 11.5 Å². The van der Waals surface area contributed by atoms with Crippen LogP contribution in [-0.4, -0.2) is 11.0 Å². The van der Waals surface area contributed by atoms with Crippen molar-refractivity contribution in [1.82, 2.24) is 4.98 Å². The van der Waals surface area contributed by atoms with E-state index in [0.29, 0.717) is 28.1 Å². The van der Waals surface area contributed by atoms with Crippen LogP contribution in [0, 0.1) is 0 Å². The maximum absolute atomic E-state index is 11.6. The monoisotopic (exact) mass is 470 g/mol. The second kappa shape index (κ2) is 6.70. The van der Waals surface area contributed by atoms with Gasteiger partial charge >= 0.3 is 0 Å². The standard InChI is InChI=1S/C20H11Br2NO3/c21-12-3-1-2-11(8-12)18-6-7-19(26-18)17-10-15(20(24)25)14-9-13(22)4-5-16(14)23-17/h1-10H,(H,24,25)/p-1. The van der Waals surface area contributed by atoms with E-state index in [9.17, 15) is 9.90 Å². The number of carboxylic acids is 1. The van der Waals surface area contributed by atoms with E-state index in [2.05, 4.69) is 36.8 Å². The van der Waals surface area contributed by atoms with Crippen molar-refractivity contribution in [2.24, 2.45) is 0 Å². The predicted molar refractivity (Wildman–Crippen MR) is 105 cm³/mol. The van der Waals surface area contributed by atoms with Gasteiger partial charge in [0.15, 0.2) is 5.76 Å². The molecule has 0 amide bonds. The van der Waals surface area contributed by atoms with E-state index in [4.69, 9.17) is 4.42 Å². The number of benzene rings is 2. The van der Waals surface area contributed by atoms with Gasteiger partial charge in [-0.05, 0) is 48.5 Å². The minimum atomic E-state index is -1.25. The molecule has 0 bridgehead atoms. The molecule has 0 saturated heterocycles. The Hall–Kier alpha value is -2.44. The summed E-state index contributed by atoms with van der Waals surface area (Å²) in [7, 11) is 0. The molecule has 0 atom stereocenters. The molecule has 26 heavy (non-hydrogen) atoms. The van der Waals surface area contributed by atoms with Gasteiger partial charge in [-0.1, -0.05) is 44.0 Å². The summed E-state index contributed by atoms with van der Waals surface area (Å²) in [6, 6.07) is 18.1. The summed E-state index contributed by atoms with van der Waals surface area (Å²) in [5, 5.41) is 12.1. The van der Waals surface area contributed by atoms with Gasteiger partial charge in [-0.25, -0.2) is 4.98 Å². The van der Waals surface area contributed by atoms with Crippen LogP contribution in [0.3, 0.4) is 0 Å². The highest BCUT2D eigenvalue weighted by atomic mass is 79.9. The zero-order chi connectivity index (χ0) is 18.3. The number of carboxylic acid groups (broad SMARTS) is 1. The SMILES string of the molecule is O=C([O-])c1cc(-c2ccc(-c3cccc(Br)c3)o2)nc2ccc(Br)cc12. The van der Waals surface area contributed by atoms with E-state index in [0.717, 1.165) is 14.5 Å². The molecule has 128 valence electrons. The molecular formula is C20H10Br2NO3-. The van der Waals surface area contributed by atoms with Crippen molar-refractivity contribution >= 4 is 48.7 Å². The molecule has 4 aromatic rings. The number of fused-ring (bicyclic) bond motifs is 1. The third kappa shape index (κ3) is 3.18. The highest BCUT2D eigenvalue weighted by molar-refractivity contribution is 9.10. The summed E-state index contributed by atoms with van der Waals surface area (Å²) in [5.74, 6) is -0.0863. The molecule has 4 rings (SSSR count). The van der Waals surface area contributed by atoms with Crippen molar-refractivity contribution in [3.05, 3.63) is 75.2 Å². The topological polar surface area (TPSA) is 66.2 Å². The van der Waals surface area contributed by atoms with Crippen molar-refractivity contribution in [2.45, 2.75) is 0 Å². The fourth-order valence-electron chi connectivity index (χ4n) is 2.77. The van der Waals surface area contributed by atoms with Gasteiger partial charge in [0.05, 0.1) is 11.5 Å². The number of rotatable bonds is 3. The first-order chi connectivity index (χ1) is 12.5. The van der Waals surface area contributed by atoms with Crippen LogP contribution in [0.4, 0.5) is 0 Å². The number of furan rings is 1. The van der Waals surface area contributed by atoms with Crippen LogP contribution in [0.1, 0.15) is 10.4 Å². The first kappa shape index (κ1) is 17.0. The summed E-state index contributed by atoms with van der Waals surface area (Å²) >= 11 is 6.79. The van der Waals surface area contributed by atoms with Gasteiger partial charge in [-0.3, -0.25) is 0 Å². The molecule has 0 aliphatic rings. The van der Waals surface area contributed by atoms with Gasteiger partial charge in [0, 0.05) is 25.5 Å². The highest BCUT2D eigenvalue weighted by Gasteiger charge is 2.13. The number of carbonyl (C=O) groups excluding carboxylic acids is 1. The second-order valence-electron chi connectivity index (χ2n) is 5.68. The third-order valence-electron chi connectivity index (χ3n) is 3.96. The highest BCUT2D eigenvalue weighted by Crippen LogP contribution is 2.31. The van der Waals surface area contributed by atoms with E-state index in [1.54, 1.807) is 18.2 Å². The average Bonchev–Trinajstić information content (AvgIpc) is 3.11. The van der Waals surface area contributed by atoms with Gasteiger partial charge in [-0.2, -0.15) is 0 Å². The van der Waals surface area contributed by atoms with Crippen molar-refractivity contribution < 1.29 is 14.3 Å². The summed E-state index contributed by atoms with van der Waals surface area (Å²) in [4.78, 5) is 16.1. The molecule has 2 aromatic heterocycles. The number of carbonyl (C=O) groups is 1. The Kier molecular flexibility index (Phi) is 4.38. The lowest BCUT2D eigenvalue weighted by atomic mass is 10.1. The third-order valence-corrected chi connectivity index (χ3v) is 4.94. The molecule has 0 aliphatic carbocycles. The van der Waals surface area contributed by atoms with Crippen LogP contribution in [0.2, 0.25) is 0 Å². The van der Waals surface area contributed by atoms with Crippen LogP contribution in [-0.2, 0) is 0 Å². The first-order valence-electron chi connectivity index (χ1n) is 7.69. The van der Waals surface area contributed by atoms with Crippen LogP contribution < -0.4 is 5.11 Å². The average molecular weight is 472 g/mol. The lowest BCUT2D eigenvalue weighted by molar-refractivity contribution is -0.254. The Balaban J connectivity index is 1.85. The maximum atomic E-state index is 11.6. The minimum Gasteiger partial charge on any atom is -0.545 e. The molecule has 0 saturated carbocycles. The van der Waals surface area contributed by atoms with Crippen LogP contribution in [0.25, 0.3) is 33.7 Å². The van der Waals surface area contributed by atoms with E-state index in [-0.39, 0.29) is 5.56 Å². The van der Waals surface area contributed by atoms with Gasteiger partial charge in [0.25, 0.3) is 0 Å². The second-order valence-corrected chi connectivity index (χ2v) is 7.51. The number of nitrogens with zero attached hydrogens (tertiary/aromatic N) is 1. The zero-order valence-corrected chi connectivity index (χ0v) is 16.4. The summed E-state index contributed by atoms with van der Waals surface area (Å²) in [5.41, 5.74) is 1.99. The fraction of sp³-hybridized carbons (Fsp3) is 0. The molecule has 2 aromatic carbocycles. The summed E-state index contributed by atoms with van der Waals surface area (Å²) < 4.78 is 7.63. The van der Waals surface area contributed by atoms with Crippen LogP contribution in [0.15, 0.2) is 74.0 Å². The fourth-order valence-corrected chi connectivity index (χ4v) is 3.53. The largest absolute Gasteiger partial charge is 0.545 e. The molecular weight excluding hydrogens is 462 g/mol. The predicted octanol–water partition coefficient (Wildman–Crippen LogP) is 5.05. The lowest BCUT2D eigenvalue weighted by Crippen LogP contribution is -2.22. The molecule has 0 spiro atoms. The minimum absolute atomic E-state index is 0.0757. The van der Waals surface area contributed by atoms with E-state index >= 15 is 0 Å². The Bertz CT molecular complexity index is 1150. The Labute approximate surface area is 165 Å². The number of pyridine rings is 1. The quantitative estimate of drug-likeness (QED) is 0.419. The smallest absolute Gasteiger partial charge is 0.153 e. The molecule has 0 N–H and O–H groups in total. The zero-order valence-electron chi connectivity index (χ0n) is 13.2. The van der Waals surface area contributed by atoms with E-state index in [1.165, 1.54) is 6.07 Å². The molecule has 0 aliphatic heterocycles. The van der Waals surface area contributed by atoms with Gasteiger partial charge < -0.3 is 14.3 Å². The van der Waals surface area contributed by atoms with E-state index in [1.807, 2.05) is 36.4 Å². The van der Waals surface area contributed by atoms with Crippen molar-refractivity contribution in [3.63, 3.8) is 0 Å². The van der Waals surface area contributed by atoms with Crippen molar-refractivity contribution in [1.29, 1.82) is 0 Å². The molecule has 2 heterocycles. The van der Waals surface area contributed by atoms with Gasteiger partial charge in [-0.15, -0.1) is 0 Å².